The van der Waals surface area contributed by atoms with E-state index in [4.69, 9.17) is 14.2 Å². The van der Waals surface area contributed by atoms with E-state index in [0.717, 1.165) is 36.7 Å². The summed E-state index contributed by atoms with van der Waals surface area (Å²) in [6, 6.07) is 11.8. The lowest BCUT2D eigenvalue weighted by Gasteiger charge is -2.34. The molecule has 8 nitrogen and oxygen atoms in total. The molecule has 1 fully saturated rings. The molecular formula is C21H22N2O6. The number of hydrogen-bond donors (Lipinski definition) is 1. The van der Waals surface area contributed by atoms with Crippen molar-refractivity contribution in [2.45, 2.75) is 6.54 Å². The van der Waals surface area contributed by atoms with E-state index in [0.29, 0.717) is 13.1 Å². The average Bonchev–Trinajstić information content (AvgIpc) is 3.20. The number of nitrogens with zero attached hydrogens (tertiary/aromatic N) is 2. The van der Waals surface area contributed by atoms with Gasteiger partial charge in [-0.2, -0.15) is 0 Å². The number of carbonyl (C=O) groups excluding carboxylic acids is 2. The van der Waals surface area contributed by atoms with E-state index in [1.807, 2.05) is 18.2 Å². The molecule has 0 aromatic heterocycles. The average molecular weight is 398 g/mol. The van der Waals surface area contributed by atoms with Crippen molar-refractivity contribution in [3.8, 4) is 17.2 Å². The van der Waals surface area contributed by atoms with E-state index >= 15 is 0 Å². The van der Waals surface area contributed by atoms with Crippen molar-refractivity contribution in [3.05, 3.63) is 53.6 Å². The number of amides is 1. The molecule has 0 bridgehead atoms. The minimum absolute atomic E-state index is 0.0237. The fourth-order valence-electron chi connectivity index (χ4n) is 3.39. The highest BCUT2D eigenvalue weighted by Gasteiger charge is 2.23. The molecule has 2 aliphatic heterocycles. The normalized spacial score (nSPS) is 15.9. The van der Waals surface area contributed by atoms with Crippen molar-refractivity contribution in [2.24, 2.45) is 0 Å². The van der Waals surface area contributed by atoms with Gasteiger partial charge in [-0.15, -0.1) is 0 Å². The largest absolute Gasteiger partial charge is 0.508 e. The van der Waals surface area contributed by atoms with Crippen molar-refractivity contribution in [1.29, 1.82) is 0 Å². The maximum Gasteiger partial charge on any atom is 0.338 e. The Kier molecular flexibility index (Phi) is 5.53. The zero-order chi connectivity index (χ0) is 20.2. The molecule has 2 aliphatic rings. The number of phenols is 1. The van der Waals surface area contributed by atoms with E-state index in [2.05, 4.69) is 4.90 Å². The molecule has 2 heterocycles. The highest BCUT2D eigenvalue weighted by atomic mass is 16.7. The third-order valence-electron chi connectivity index (χ3n) is 4.98. The predicted octanol–water partition coefficient (Wildman–Crippen LogP) is 1.62. The Bertz CT molecular complexity index is 908. The van der Waals surface area contributed by atoms with Crippen LogP contribution in [0.15, 0.2) is 42.5 Å². The second kappa shape index (κ2) is 8.40. The number of ether oxygens (including phenoxy) is 3. The Morgan fingerprint density at radius 1 is 1.00 bits per heavy atom. The first-order valence-corrected chi connectivity index (χ1v) is 9.43. The van der Waals surface area contributed by atoms with Gasteiger partial charge in [-0.1, -0.05) is 12.1 Å². The highest BCUT2D eigenvalue weighted by molar-refractivity contribution is 5.91. The number of fused-ring (bicyclic) bond motifs is 1. The van der Waals surface area contributed by atoms with Crippen LogP contribution in [0.2, 0.25) is 0 Å². The lowest BCUT2D eigenvalue weighted by atomic mass is 10.1. The van der Waals surface area contributed by atoms with Crippen molar-refractivity contribution in [1.82, 2.24) is 9.80 Å². The highest BCUT2D eigenvalue weighted by Crippen LogP contribution is 2.32. The Labute approximate surface area is 168 Å². The van der Waals surface area contributed by atoms with Crippen LogP contribution in [0.4, 0.5) is 0 Å². The molecule has 0 aliphatic carbocycles. The van der Waals surface area contributed by atoms with Gasteiger partial charge in [0, 0.05) is 32.7 Å². The molecule has 1 N–H and O–H groups in total. The molecule has 29 heavy (non-hydrogen) atoms. The summed E-state index contributed by atoms with van der Waals surface area (Å²) in [7, 11) is 0. The SMILES string of the molecule is O=C(OCC(=O)N1CCN(Cc2ccc3c(c2)OCO3)CC1)c1cccc(O)c1. The van der Waals surface area contributed by atoms with Crippen LogP contribution in [0, 0.1) is 0 Å². The van der Waals surface area contributed by atoms with Crippen LogP contribution in [-0.4, -0.2) is 66.4 Å². The lowest BCUT2D eigenvalue weighted by Crippen LogP contribution is -2.49. The van der Waals surface area contributed by atoms with Gasteiger partial charge in [0.25, 0.3) is 5.91 Å². The molecule has 1 saturated heterocycles. The lowest BCUT2D eigenvalue weighted by molar-refractivity contribution is -0.136. The third kappa shape index (κ3) is 4.60. The number of esters is 1. The number of aromatic hydroxyl groups is 1. The van der Waals surface area contributed by atoms with E-state index < -0.39 is 5.97 Å². The Hall–Kier alpha value is -3.26. The Balaban J connectivity index is 1.23. The van der Waals surface area contributed by atoms with Crippen LogP contribution in [0.25, 0.3) is 0 Å². The first kappa shape index (κ1) is 19.1. The van der Waals surface area contributed by atoms with Crippen LogP contribution >= 0.6 is 0 Å². The van der Waals surface area contributed by atoms with Gasteiger partial charge >= 0.3 is 5.97 Å². The minimum Gasteiger partial charge on any atom is -0.508 e. The first-order valence-electron chi connectivity index (χ1n) is 9.43. The second-order valence-corrected chi connectivity index (χ2v) is 6.97. The molecular weight excluding hydrogens is 376 g/mol. The molecule has 0 radical (unpaired) electrons. The summed E-state index contributed by atoms with van der Waals surface area (Å²) < 4.78 is 15.8. The van der Waals surface area contributed by atoms with Gasteiger partial charge in [-0.3, -0.25) is 9.69 Å². The summed E-state index contributed by atoms with van der Waals surface area (Å²) in [6.45, 7) is 3.35. The minimum atomic E-state index is -0.629. The van der Waals surface area contributed by atoms with Crippen molar-refractivity contribution in [3.63, 3.8) is 0 Å². The van der Waals surface area contributed by atoms with Crippen molar-refractivity contribution in [2.75, 3.05) is 39.6 Å². The zero-order valence-corrected chi connectivity index (χ0v) is 15.9. The van der Waals surface area contributed by atoms with E-state index in [-0.39, 0.29) is 30.6 Å². The standard InChI is InChI=1S/C21H22N2O6/c24-17-3-1-2-16(11-17)21(26)27-13-20(25)23-8-6-22(7-9-23)12-15-4-5-18-19(10-15)29-14-28-18/h1-5,10-11,24H,6-9,12-14H2. The van der Waals surface area contributed by atoms with Gasteiger partial charge in [-0.05, 0) is 35.9 Å². The molecule has 8 heteroatoms. The van der Waals surface area contributed by atoms with Crippen LogP contribution < -0.4 is 9.47 Å². The summed E-state index contributed by atoms with van der Waals surface area (Å²) in [5, 5.41) is 9.42. The molecule has 2 aromatic rings. The van der Waals surface area contributed by atoms with Gasteiger partial charge in [0.2, 0.25) is 6.79 Å². The summed E-state index contributed by atoms with van der Waals surface area (Å²) in [4.78, 5) is 28.3. The van der Waals surface area contributed by atoms with E-state index in [9.17, 15) is 14.7 Å². The number of rotatable bonds is 5. The predicted molar refractivity (Wildman–Crippen MR) is 103 cm³/mol. The summed E-state index contributed by atoms with van der Waals surface area (Å²) in [5.41, 5.74) is 1.35. The van der Waals surface area contributed by atoms with E-state index in [1.54, 1.807) is 11.0 Å². The molecule has 4 rings (SSSR count). The monoisotopic (exact) mass is 398 g/mol. The number of phenolic OH excluding ortho intramolecular Hbond substituents is 1. The first-order chi connectivity index (χ1) is 14.1. The van der Waals surface area contributed by atoms with Gasteiger partial charge in [0.1, 0.15) is 5.75 Å². The summed E-state index contributed by atoms with van der Waals surface area (Å²) in [5.74, 6) is 0.663. The van der Waals surface area contributed by atoms with Gasteiger partial charge in [-0.25, -0.2) is 4.79 Å². The Morgan fingerprint density at radius 3 is 2.59 bits per heavy atom. The molecule has 0 unspecified atom stereocenters. The van der Waals surface area contributed by atoms with Gasteiger partial charge in [0.05, 0.1) is 5.56 Å². The molecule has 0 atom stereocenters. The van der Waals surface area contributed by atoms with Crippen molar-refractivity contribution >= 4 is 11.9 Å². The zero-order valence-electron chi connectivity index (χ0n) is 15.9. The molecule has 1 amide bonds. The molecule has 0 saturated carbocycles. The van der Waals surface area contributed by atoms with Crippen molar-refractivity contribution < 1.29 is 28.9 Å². The summed E-state index contributed by atoms with van der Waals surface area (Å²) in [6.07, 6.45) is 0. The van der Waals surface area contributed by atoms with Gasteiger partial charge < -0.3 is 24.2 Å². The molecule has 2 aromatic carbocycles. The smallest absolute Gasteiger partial charge is 0.338 e. The topological polar surface area (TPSA) is 88.5 Å². The van der Waals surface area contributed by atoms with E-state index in [1.165, 1.54) is 18.2 Å². The van der Waals surface area contributed by atoms with Crippen LogP contribution in [-0.2, 0) is 16.1 Å². The number of hydrogen-bond acceptors (Lipinski definition) is 7. The third-order valence-corrected chi connectivity index (χ3v) is 4.98. The fourth-order valence-corrected chi connectivity index (χ4v) is 3.39. The Morgan fingerprint density at radius 2 is 1.79 bits per heavy atom. The number of piperazine rings is 1. The van der Waals surface area contributed by atoms with Crippen LogP contribution in [0.1, 0.15) is 15.9 Å². The quantitative estimate of drug-likeness (QED) is 0.766. The van der Waals surface area contributed by atoms with Crippen LogP contribution in [0.5, 0.6) is 17.2 Å². The maximum absolute atomic E-state index is 12.3. The second-order valence-electron chi connectivity index (χ2n) is 6.97. The molecule has 152 valence electrons. The fraction of sp³-hybridized carbons (Fsp3) is 0.333. The summed E-state index contributed by atoms with van der Waals surface area (Å²) >= 11 is 0. The molecule has 0 spiro atoms. The number of benzene rings is 2. The maximum atomic E-state index is 12.3. The number of carbonyl (C=O) groups is 2. The van der Waals surface area contributed by atoms with Crippen LogP contribution in [0.3, 0.4) is 0 Å². The van der Waals surface area contributed by atoms with Gasteiger partial charge in [0.15, 0.2) is 18.1 Å².